The molecule has 0 saturated heterocycles. The zero-order valence-electron chi connectivity index (χ0n) is 16.5. The van der Waals surface area contributed by atoms with Gasteiger partial charge in [0.25, 0.3) is 0 Å². The van der Waals surface area contributed by atoms with Gasteiger partial charge in [-0.15, -0.1) is 0 Å². The fourth-order valence-corrected chi connectivity index (χ4v) is 4.94. The second kappa shape index (κ2) is 7.46. The van der Waals surface area contributed by atoms with Crippen LogP contribution in [0.25, 0.3) is 11.5 Å². The predicted octanol–water partition coefficient (Wildman–Crippen LogP) is 4.41. The van der Waals surface area contributed by atoms with Gasteiger partial charge in [-0.25, -0.2) is 9.37 Å². The van der Waals surface area contributed by atoms with Crippen LogP contribution in [-0.2, 0) is 6.54 Å². The number of aromatic hydroxyl groups is 1. The van der Waals surface area contributed by atoms with Gasteiger partial charge in [0, 0.05) is 29.3 Å². The molecule has 2 aromatic carbocycles. The Morgan fingerprint density at radius 1 is 1.26 bits per heavy atom. The highest BCUT2D eigenvalue weighted by atomic mass is 79.9. The molecule has 2 atom stereocenters. The van der Waals surface area contributed by atoms with Crippen molar-refractivity contribution < 1.29 is 9.50 Å². The molecular formula is C23H18BrFN4O2. The SMILES string of the molecule is Cc1cccc([C@H](c2ccc(F)cc2Br)[C@H]2Cn3ccnc3-c3c(O)c(=O)cnn32)c1. The first-order valence-corrected chi connectivity index (χ1v) is 10.6. The minimum atomic E-state index is -0.559. The molecule has 8 heteroatoms. The van der Waals surface area contributed by atoms with Crippen LogP contribution < -0.4 is 5.43 Å². The molecule has 1 aliphatic rings. The van der Waals surface area contributed by atoms with E-state index in [1.807, 2.05) is 35.9 Å². The molecule has 4 aromatic rings. The molecule has 1 N–H and O–H groups in total. The Labute approximate surface area is 185 Å². The minimum absolute atomic E-state index is 0.237. The quantitative estimate of drug-likeness (QED) is 0.471. The van der Waals surface area contributed by atoms with Gasteiger partial charge in [0.15, 0.2) is 11.6 Å². The average molecular weight is 481 g/mol. The Balaban J connectivity index is 1.78. The van der Waals surface area contributed by atoms with Gasteiger partial charge < -0.3 is 9.67 Å². The van der Waals surface area contributed by atoms with Gasteiger partial charge >= 0.3 is 0 Å². The molecule has 0 aliphatic carbocycles. The standard InChI is InChI=1S/C23H18BrFN4O2/c1-13-3-2-4-14(9-13)20(16-6-5-15(25)10-17(16)24)18-12-28-8-7-26-23(28)21-22(31)19(30)11-27-29(18)21/h2-11,18,20,31H,12H2,1H3/t18-,20-/m1/s1. The van der Waals surface area contributed by atoms with E-state index in [4.69, 9.17) is 0 Å². The van der Waals surface area contributed by atoms with Crippen molar-refractivity contribution in [2.24, 2.45) is 0 Å². The molecule has 0 saturated carbocycles. The first kappa shape index (κ1) is 19.7. The van der Waals surface area contributed by atoms with Crippen molar-refractivity contribution in [3.05, 3.63) is 98.3 Å². The summed E-state index contributed by atoms with van der Waals surface area (Å²) < 4.78 is 18.1. The molecule has 1 aliphatic heterocycles. The Morgan fingerprint density at radius 2 is 2.10 bits per heavy atom. The minimum Gasteiger partial charge on any atom is -0.503 e. The smallest absolute Gasteiger partial charge is 0.242 e. The van der Waals surface area contributed by atoms with Gasteiger partial charge in [0.05, 0.1) is 12.2 Å². The Hall–Kier alpha value is -3.26. The first-order valence-electron chi connectivity index (χ1n) is 9.78. The molecular weight excluding hydrogens is 463 g/mol. The van der Waals surface area contributed by atoms with Crippen molar-refractivity contribution in [2.75, 3.05) is 0 Å². The van der Waals surface area contributed by atoms with E-state index >= 15 is 0 Å². The van der Waals surface area contributed by atoms with Crippen LogP contribution in [0.4, 0.5) is 4.39 Å². The summed E-state index contributed by atoms with van der Waals surface area (Å²) in [7, 11) is 0. The normalized spacial score (nSPS) is 15.9. The first-order chi connectivity index (χ1) is 14.9. The van der Waals surface area contributed by atoms with Crippen molar-refractivity contribution in [1.29, 1.82) is 0 Å². The summed E-state index contributed by atoms with van der Waals surface area (Å²) in [5, 5.41) is 15.0. The highest BCUT2D eigenvalue weighted by Crippen LogP contribution is 2.44. The second-order valence-electron chi connectivity index (χ2n) is 7.68. The van der Waals surface area contributed by atoms with Gasteiger partial charge in [-0.2, -0.15) is 5.10 Å². The number of nitrogens with zero attached hydrogens (tertiary/aromatic N) is 4. The predicted molar refractivity (Wildman–Crippen MR) is 118 cm³/mol. The van der Waals surface area contributed by atoms with E-state index in [2.05, 4.69) is 32.1 Å². The summed E-state index contributed by atoms with van der Waals surface area (Å²) in [4.78, 5) is 16.5. The molecule has 0 bridgehead atoms. The molecule has 0 fully saturated rings. The van der Waals surface area contributed by atoms with E-state index in [0.29, 0.717) is 16.8 Å². The summed E-state index contributed by atoms with van der Waals surface area (Å²) in [6.07, 6.45) is 4.57. The largest absolute Gasteiger partial charge is 0.503 e. The van der Waals surface area contributed by atoms with Crippen LogP contribution >= 0.6 is 15.9 Å². The molecule has 0 unspecified atom stereocenters. The number of hydrogen-bond acceptors (Lipinski definition) is 4. The maximum Gasteiger partial charge on any atom is 0.242 e. The summed E-state index contributed by atoms with van der Waals surface area (Å²) >= 11 is 3.53. The number of fused-ring (bicyclic) bond motifs is 3. The van der Waals surface area contributed by atoms with Crippen molar-refractivity contribution in [2.45, 2.75) is 25.4 Å². The van der Waals surface area contributed by atoms with E-state index < -0.39 is 5.43 Å². The van der Waals surface area contributed by atoms with Crippen molar-refractivity contribution in [1.82, 2.24) is 19.3 Å². The fraction of sp³-hybridized carbons (Fsp3) is 0.174. The van der Waals surface area contributed by atoms with Crippen molar-refractivity contribution in [3.63, 3.8) is 0 Å². The number of rotatable bonds is 3. The average Bonchev–Trinajstić information content (AvgIpc) is 3.20. The van der Waals surface area contributed by atoms with Gasteiger partial charge in [0.2, 0.25) is 5.43 Å². The number of halogens is 2. The number of aryl methyl sites for hydroxylation is 1. The second-order valence-corrected chi connectivity index (χ2v) is 8.53. The van der Waals surface area contributed by atoms with Gasteiger partial charge in [-0.05, 0) is 30.2 Å². The van der Waals surface area contributed by atoms with Gasteiger partial charge in [-0.3, -0.25) is 9.48 Å². The summed E-state index contributed by atoms with van der Waals surface area (Å²) in [5.74, 6) is -0.467. The molecule has 31 heavy (non-hydrogen) atoms. The number of hydrogen-bond donors (Lipinski definition) is 1. The molecule has 3 heterocycles. The maximum absolute atomic E-state index is 13.9. The fourth-order valence-electron chi connectivity index (χ4n) is 4.34. The highest BCUT2D eigenvalue weighted by Gasteiger charge is 2.36. The number of imidazole rings is 1. The molecule has 5 rings (SSSR count). The van der Waals surface area contributed by atoms with Crippen LogP contribution in [0.1, 0.15) is 28.7 Å². The van der Waals surface area contributed by atoms with Crippen molar-refractivity contribution in [3.8, 4) is 17.3 Å². The zero-order valence-corrected chi connectivity index (χ0v) is 18.1. The van der Waals surface area contributed by atoms with Crippen LogP contribution in [0, 0.1) is 12.7 Å². The lowest BCUT2D eigenvalue weighted by Crippen LogP contribution is -2.32. The van der Waals surface area contributed by atoms with E-state index in [1.54, 1.807) is 16.9 Å². The Kier molecular flexibility index (Phi) is 4.74. The third-order valence-electron chi connectivity index (χ3n) is 5.69. The van der Waals surface area contributed by atoms with Crippen LogP contribution in [-0.4, -0.2) is 24.4 Å². The van der Waals surface area contributed by atoms with Crippen LogP contribution in [0.5, 0.6) is 5.75 Å². The van der Waals surface area contributed by atoms with Crippen LogP contribution in [0.2, 0.25) is 0 Å². The summed E-state index contributed by atoms with van der Waals surface area (Å²) in [6, 6.07) is 12.5. The summed E-state index contributed by atoms with van der Waals surface area (Å²) in [5.41, 5.74) is 2.72. The van der Waals surface area contributed by atoms with E-state index in [1.165, 1.54) is 12.1 Å². The summed E-state index contributed by atoms with van der Waals surface area (Å²) in [6.45, 7) is 2.53. The van der Waals surface area contributed by atoms with Gasteiger partial charge in [-0.1, -0.05) is 51.8 Å². The Morgan fingerprint density at radius 3 is 2.87 bits per heavy atom. The molecule has 6 nitrogen and oxygen atoms in total. The van der Waals surface area contributed by atoms with Crippen LogP contribution in [0.15, 0.2) is 70.3 Å². The molecule has 0 radical (unpaired) electrons. The lowest BCUT2D eigenvalue weighted by molar-refractivity contribution is 0.331. The zero-order chi connectivity index (χ0) is 21.7. The number of aromatic nitrogens is 4. The monoisotopic (exact) mass is 480 g/mol. The molecule has 2 aromatic heterocycles. The maximum atomic E-state index is 13.9. The lowest BCUT2D eigenvalue weighted by atomic mass is 9.83. The van der Waals surface area contributed by atoms with E-state index in [9.17, 15) is 14.3 Å². The Bertz CT molecular complexity index is 1360. The molecule has 0 spiro atoms. The van der Waals surface area contributed by atoms with E-state index in [0.717, 1.165) is 22.9 Å². The number of benzene rings is 2. The third kappa shape index (κ3) is 3.27. The third-order valence-corrected chi connectivity index (χ3v) is 6.38. The topological polar surface area (TPSA) is 72.9 Å². The van der Waals surface area contributed by atoms with E-state index in [-0.39, 0.29) is 29.2 Å². The van der Waals surface area contributed by atoms with Gasteiger partial charge in [0.1, 0.15) is 11.5 Å². The van der Waals surface area contributed by atoms with Crippen LogP contribution in [0.3, 0.4) is 0 Å². The lowest BCUT2D eigenvalue weighted by Gasteiger charge is -2.35. The van der Waals surface area contributed by atoms with Crippen molar-refractivity contribution >= 4 is 15.9 Å². The molecule has 156 valence electrons. The molecule has 0 amide bonds. The highest BCUT2D eigenvalue weighted by molar-refractivity contribution is 9.10.